The van der Waals surface area contributed by atoms with Crippen LogP contribution in [0.3, 0.4) is 0 Å². The third-order valence-corrected chi connectivity index (χ3v) is 4.93. The van der Waals surface area contributed by atoms with E-state index in [9.17, 15) is 4.79 Å². The molecule has 0 bridgehead atoms. The zero-order chi connectivity index (χ0) is 21.0. The zero-order valence-corrected chi connectivity index (χ0v) is 17.6. The Hall–Kier alpha value is -3.12. The molecule has 29 heavy (non-hydrogen) atoms. The number of para-hydroxylation sites is 1. The number of halogens is 1. The lowest BCUT2D eigenvalue weighted by molar-refractivity contribution is 0.102. The first kappa shape index (κ1) is 20.6. The van der Waals surface area contributed by atoms with E-state index in [1.807, 2.05) is 62.4 Å². The van der Waals surface area contributed by atoms with Crippen LogP contribution in [0, 0.1) is 6.92 Å². The molecule has 1 aromatic heterocycles. The van der Waals surface area contributed by atoms with Crippen LogP contribution < -0.4 is 5.32 Å². The normalized spacial score (nSPS) is 11.4. The summed E-state index contributed by atoms with van der Waals surface area (Å²) in [6.45, 7) is 6.09. The minimum absolute atomic E-state index is 0.288. The van der Waals surface area contributed by atoms with E-state index in [1.165, 1.54) is 4.68 Å². The summed E-state index contributed by atoms with van der Waals surface area (Å²) < 4.78 is 1.49. The molecule has 0 fully saturated rings. The summed E-state index contributed by atoms with van der Waals surface area (Å²) in [5.41, 5.74) is 5.32. The number of benzene rings is 2. The van der Waals surface area contributed by atoms with Gasteiger partial charge >= 0.3 is 0 Å². The first-order valence-electron chi connectivity index (χ1n) is 9.29. The molecule has 1 amide bonds. The number of nitrogens with one attached hydrogen (secondary N) is 1. The number of aromatic nitrogens is 2. The number of rotatable bonds is 6. The van der Waals surface area contributed by atoms with Crippen molar-refractivity contribution < 1.29 is 9.63 Å². The average Bonchev–Trinajstić information content (AvgIpc) is 2.98. The van der Waals surface area contributed by atoms with Crippen molar-refractivity contribution in [1.82, 2.24) is 9.78 Å². The van der Waals surface area contributed by atoms with Crippen molar-refractivity contribution in [3.8, 4) is 11.1 Å². The maximum absolute atomic E-state index is 12.8. The lowest BCUT2D eigenvalue weighted by Gasteiger charge is -2.12. The lowest BCUT2D eigenvalue weighted by atomic mass is 10.0. The number of aryl methyl sites for hydroxylation is 2. The Balaban J connectivity index is 1.88. The first-order chi connectivity index (χ1) is 13.9. The molecule has 0 aliphatic heterocycles. The van der Waals surface area contributed by atoms with Crippen LogP contribution in [-0.4, -0.2) is 28.0 Å². The Kier molecular flexibility index (Phi) is 6.34. The topological polar surface area (TPSA) is 68.5 Å². The van der Waals surface area contributed by atoms with Gasteiger partial charge in [-0.3, -0.25) is 9.48 Å². The molecule has 7 heteroatoms. The molecule has 3 aromatic rings. The molecule has 1 heterocycles. The Morgan fingerprint density at radius 1 is 1.21 bits per heavy atom. The summed E-state index contributed by atoms with van der Waals surface area (Å²) in [7, 11) is 1.71. The third-order valence-electron chi connectivity index (χ3n) is 4.50. The molecule has 0 aliphatic rings. The standard InChI is InChI=1S/C22H23ClN4O2/c1-5-29-26-14(2)16-10-12-17(13-11-16)18-8-6-7-9-19(18)24-22(28)20-15(3)25-27(4)21(20)23/h6-13H,5H2,1-4H3,(H,24,28)/b26-14+. The van der Waals surface area contributed by atoms with E-state index in [-0.39, 0.29) is 5.91 Å². The molecule has 2 aromatic carbocycles. The first-order valence-corrected chi connectivity index (χ1v) is 9.67. The van der Waals surface area contributed by atoms with Crippen molar-refractivity contribution in [1.29, 1.82) is 0 Å². The maximum atomic E-state index is 12.8. The second-order valence-electron chi connectivity index (χ2n) is 6.55. The number of nitrogens with zero attached hydrogens (tertiary/aromatic N) is 3. The number of anilines is 1. The van der Waals surface area contributed by atoms with Crippen molar-refractivity contribution in [2.24, 2.45) is 12.2 Å². The van der Waals surface area contributed by atoms with E-state index >= 15 is 0 Å². The van der Waals surface area contributed by atoms with Crippen LogP contribution in [0.15, 0.2) is 53.7 Å². The molecule has 1 N–H and O–H groups in total. The molecular weight excluding hydrogens is 388 g/mol. The van der Waals surface area contributed by atoms with Gasteiger partial charge in [-0.2, -0.15) is 5.10 Å². The van der Waals surface area contributed by atoms with Gasteiger partial charge in [0.25, 0.3) is 5.91 Å². The summed E-state index contributed by atoms with van der Waals surface area (Å²) in [5.74, 6) is -0.288. The number of hydrogen-bond donors (Lipinski definition) is 1. The fraction of sp³-hybridized carbons (Fsp3) is 0.227. The van der Waals surface area contributed by atoms with Gasteiger partial charge in [-0.1, -0.05) is 59.2 Å². The van der Waals surface area contributed by atoms with Crippen molar-refractivity contribution in [2.75, 3.05) is 11.9 Å². The molecule has 0 spiro atoms. The number of carbonyl (C=O) groups excluding carboxylic acids is 1. The van der Waals surface area contributed by atoms with Crippen LogP contribution in [-0.2, 0) is 11.9 Å². The van der Waals surface area contributed by atoms with Crippen molar-refractivity contribution in [3.63, 3.8) is 0 Å². The molecule has 0 atom stereocenters. The second-order valence-corrected chi connectivity index (χ2v) is 6.90. The number of oxime groups is 1. The van der Waals surface area contributed by atoms with Crippen molar-refractivity contribution in [2.45, 2.75) is 20.8 Å². The van der Waals surface area contributed by atoms with Gasteiger partial charge in [0.15, 0.2) is 0 Å². The smallest absolute Gasteiger partial charge is 0.260 e. The zero-order valence-electron chi connectivity index (χ0n) is 16.9. The third kappa shape index (κ3) is 4.49. The molecule has 150 valence electrons. The molecule has 3 rings (SSSR count). The number of amides is 1. The lowest BCUT2D eigenvalue weighted by Crippen LogP contribution is -2.13. The van der Waals surface area contributed by atoms with Crippen LogP contribution in [0.25, 0.3) is 11.1 Å². The molecule has 0 saturated carbocycles. The van der Waals surface area contributed by atoms with E-state index in [0.29, 0.717) is 28.7 Å². The van der Waals surface area contributed by atoms with Crippen LogP contribution in [0.4, 0.5) is 5.69 Å². The number of carbonyl (C=O) groups is 1. The van der Waals surface area contributed by atoms with Crippen LogP contribution >= 0.6 is 11.6 Å². The summed E-state index contributed by atoms with van der Waals surface area (Å²) in [5, 5.41) is 11.5. The van der Waals surface area contributed by atoms with Crippen LogP contribution in [0.2, 0.25) is 5.15 Å². The Bertz CT molecular complexity index is 1060. The maximum Gasteiger partial charge on any atom is 0.260 e. The largest absolute Gasteiger partial charge is 0.396 e. The number of hydrogen-bond acceptors (Lipinski definition) is 4. The van der Waals surface area contributed by atoms with Crippen LogP contribution in [0.5, 0.6) is 0 Å². The fourth-order valence-electron chi connectivity index (χ4n) is 3.02. The molecule has 0 unspecified atom stereocenters. The summed E-state index contributed by atoms with van der Waals surface area (Å²) in [6.07, 6.45) is 0. The summed E-state index contributed by atoms with van der Waals surface area (Å²) >= 11 is 6.23. The minimum atomic E-state index is -0.288. The van der Waals surface area contributed by atoms with Gasteiger partial charge in [0, 0.05) is 18.3 Å². The Labute approximate surface area is 175 Å². The van der Waals surface area contributed by atoms with E-state index in [4.69, 9.17) is 16.4 Å². The van der Waals surface area contributed by atoms with Gasteiger partial charge in [-0.05, 0) is 38.0 Å². The van der Waals surface area contributed by atoms with Crippen molar-refractivity contribution >= 4 is 28.9 Å². The predicted molar refractivity (Wildman–Crippen MR) is 117 cm³/mol. The van der Waals surface area contributed by atoms with E-state index in [0.717, 1.165) is 22.4 Å². The van der Waals surface area contributed by atoms with Gasteiger partial charge in [0.1, 0.15) is 11.8 Å². The SMILES string of the molecule is CCO/N=C(\C)c1ccc(-c2ccccc2NC(=O)c2c(C)nn(C)c2Cl)cc1. The second kappa shape index (κ2) is 8.92. The molecule has 0 radical (unpaired) electrons. The van der Waals surface area contributed by atoms with Gasteiger partial charge in [-0.25, -0.2) is 0 Å². The van der Waals surface area contributed by atoms with E-state index in [2.05, 4.69) is 15.6 Å². The molecule has 6 nitrogen and oxygen atoms in total. The summed E-state index contributed by atoms with van der Waals surface area (Å²) in [4.78, 5) is 17.9. The van der Waals surface area contributed by atoms with Gasteiger partial charge in [0.2, 0.25) is 0 Å². The van der Waals surface area contributed by atoms with Crippen LogP contribution in [0.1, 0.15) is 35.5 Å². The highest BCUT2D eigenvalue weighted by molar-refractivity contribution is 6.33. The molecule has 0 aliphatic carbocycles. The van der Waals surface area contributed by atoms with E-state index in [1.54, 1.807) is 14.0 Å². The quantitative estimate of drug-likeness (QED) is 0.456. The highest BCUT2D eigenvalue weighted by Crippen LogP contribution is 2.29. The Morgan fingerprint density at radius 3 is 2.52 bits per heavy atom. The molecule has 0 saturated heterocycles. The van der Waals surface area contributed by atoms with E-state index < -0.39 is 0 Å². The predicted octanol–water partition coefficient (Wildman–Crippen LogP) is 5.06. The highest BCUT2D eigenvalue weighted by Gasteiger charge is 2.20. The monoisotopic (exact) mass is 410 g/mol. The summed E-state index contributed by atoms with van der Waals surface area (Å²) in [6, 6.07) is 15.6. The average molecular weight is 411 g/mol. The fourth-order valence-corrected chi connectivity index (χ4v) is 3.28. The highest BCUT2D eigenvalue weighted by atomic mass is 35.5. The molecular formula is C22H23ClN4O2. The van der Waals surface area contributed by atoms with Crippen molar-refractivity contribution in [3.05, 3.63) is 70.5 Å². The van der Waals surface area contributed by atoms with Gasteiger partial charge in [0.05, 0.1) is 17.0 Å². The van der Waals surface area contributed by atoms with Gasteiger partial charge in [-0.15, -0.1) is 0 Å². The van der Waals surface area contributed by atoms with Gasteiger partial charge < -0.3 is 10.2 Å². The Morgan fingerprint density at radius 2 is 1.90 bits per heavy atom. The minimum Gasteiger partial charge on any atom is -0.396 e.